The van der Waals surface area contributed by atoms with E-state index in [0.29, 0.717) is 46.8 Å². The van der Waals surface area contributed by atoms with Crippen LogP contribution >= 0.6 is 0 Å². The van der Waals surface area contributed by atoms with Gasteiger partial charge in [-0.2, -0.15) is 0 Å². The van der Waals surface area contributed by atoms with E-state index in [1.165, 1.54) is 23.0 Å². The molecule has 0 aliphatic carbocycles. The van der Waals surface area contributed by atoms with E-state index in [-0.39, 0.29) is 17.0 Å². The summed E-state index contributed by atoms with van der Waals surface area (Å²) in [5, 5.41) is 3.67. The summed E-state index contributed by atoms with van der Waals surface area (Å²) < 4.78 is 54.0. The molecule has 1 N–H and O–H groups in total. The van der Waals surface area contributed by atoms with E-state index in [4.69, 9.17) is 0 Å². The Balaban J connectivity index is 1.74. The third-order valence-electron chi connectivity index (χ3n) is 5.97. The van der Waals surface area contributed by atoms with Gasteiger partial charge in [-0.3, -0.25) is 9.36 Å². The van der Waals surface area contributed by atoms with Crippen LogP contribution in [0.15, 0.2) is 35.4 Å². The zero-order chi connectivity index (χ0) is 23.0. The molecule has 1 fully saturated rings. The van der Waals surface area contributed by atoms with Gasteiger partial charge in [0.15, 0.2) is 0 Å². The van der Waals surface area contributed by atoms with Crippen molar-refractivity contribution < 1.29 is 17.7 Å². The molecule has 1 aromatic carbocycles. The number of hydrogen-bond donors (Lipinski definition) is 1. The van der Waals surface area contributed by atoms with Crippen molar-refractivity contribution in [1.82, 2.24) is 14.5 Å². The molecule has 0 radical (unpaired) electrons. The van der Waals surface area contributed by atoms with Crippen LogP contribution in [0, 0.1) is 5.82 Å². The molecule has 32 heavy (non-hydrogen) atoms. The molecule has 2 aromatic heterocycles. The maximum Gasteiger partial charge on any atom is 0.266 e. The highest BCUT2D eigenvalue weighted by atomic mass is 32.2. The summed E-state index contributed by atoms with van der Waals surface area (Å²) in [6, 6.07) is 4.99. The van der Waals surface area contributed by atoms with Crippen molar-refractivity contribution in [2.45, 2.75) is 38.2 Å². The van der Waals surface area contributed by atoms with Gasteiger partial charge in [-0.15, -0.1) is 0 Å². The number of aryl methyl sites for hydroxylation is 1. The van der Waals surface area contributed by atoms with E-state index in [0.717, 1.165) is 6.07 Å². The minimum atomic E-state index is -2.91. The van der Waals surface area contributed by atoms with Crippen molar-refractivity contribution in [3.8, 4) is 0 Å². The van der Waals surface area contributed by atoms with Gasteiger partial charge in [0, 0.05) is 18.2 Å². The van der Waals surface area contributed by atoms with Crippen LogP contribution in [0.25, 0.3) is 11.0 Å². The lowest BCUT2D eigenvalue weighted by atomic mass is 9.94. The Morgan fingerprint density at radius 1 is 1.22 bits per heavy atom. The molecule has 0 unspecified atom stereocenters. The molecule has 6 nitrogen and oxygen atoms in total. The number of aromatic nitrogens is 3. The Hall–Kier alpha value is -2.59. The van der Waals surface area contributed by atoms with Gasteiger partial charge in [-0.25, -0.2) is 23.1 Å². The molecule has 1 atom stereocenters. The lowest BCUT2D eigenvalue weighted by Gasteiger charge is -2.25. The molecule has 170 valence electrons. The van der Waals surface area contributed by atoms with Crippen LogP contribution < -0.4 is 10.9 Å². The van der Waals surface area contributed by atoms with Crippen molar-refractivity contribution in [2.24, 2.45) is 7.05 Å². The Labute approximate surface area is 186 Å². The number of halogens is 3. The standard InChI is InChI=1S/C22H23F3N4O2S/c1-12(14-4-3-5-15(18(14)23)19(24)25)28-20-17-10-16(13-6-8-32(31)9-7-13)22(30)29(2)21(17)27-11-26-20/h3-5,10-13,19H,6-9H2,1-2H3,(H,26,27,28)/t12-,13?,32?/m1/s1. The predicted octanol–water partition coefficient (Wildman–Crippen LogP) is 4.20. The number of benzene rings is 1. The van der Waals surface area contributed by atoms with Gasteiger partial charge in [0.1, 0.15) is 35.1 Å². The number of rotatable bonds is 5. The smallest absolute Gasteiger partial charge is 0.266 e. The van der Waals surface area contributed by atoms with Crippen LogP contribution in [0.2, 0.25) is 0 Å². The summed E-state index contributed by atoms with van der Waals surface area (Å²) in [6.07, 6.45) is -0.298. The number of nitrogens with one attached hydrogen (secondary N) is 1. The van der Waals surface area contributed by atoms with E-state index in [1.807, 2.05) is 0 Å². The van der Waals surface area contributed by atoms with Crippen LogP contribution in [-0.2, 0) is 18.2 Å². The van der Waals surface area contributed by atoms with Crippen molar-refractivity contribution in [2.75, 3.05) is 16.8 Å². The average molecular weight is 465 g/mol. The topological polar surface area (TPSA) is 82.9 Å². The van der Waals surface area contributed by atoms with Crippen molar-refractivity contribution in [3.05, 3.63) is 63.5 Å². The SMILES string of the molecule is C[C@@H](Nc1ncnc2c1cc(C1CC[S+]([O-])CC1)c(=O)n2C)c1cccc(C(F)F)c1F. The van der Waals surface area contributed by atoms with E-state index in [1.54, 1.807) is 20.0 Å². The van der Waals surface area contributed by atoms with Gasteiger partial charge < -0.3 is 9.87 Å². The molecule has 0 spiro atoms. The third-order valence-corrected chi connectivity index (χ3v) is 7.36. The molecule has 0 saturated carbocycles. The van der Waals surface area contributed by atoms with Crippen molar-refractivity contribution >= 4 is 28.0 Å². The van der Waals surface area contributed by atoms with Crippen LogP contribution in [-0.4, -0.2) is 30.6 Å². The number of pyridine rings is 1. The molecule has 3 aromatic rings. The fraction of sp³-hybridized carbons (Fsp3) is 0.409. The first-order valence-corrected chi connectivity index (χ1v) is 11.8. The zero-order valence-corrected chi connectivity index (χ0v) is 18.5. The van der Waals surface area contributed by atoms with E-state index in [2.05, 4.69) is 15.3 Å². The lowest BCUT2D eigenvalue weighted by Crippen LogP contribution is -2.29. The van der Waals surface area contributed by atoms with E-state index in [9.17, 15) is 22.5 Å². The van der Waals surface area contributed by atoms with Crippen LogP contribution in [0.4, 0.5) is 19.0 Å². The van der Waals surface area contributed by atoms with Gasteiger partial charge in [-0.05, 0) is 31.7 Å². The molecular formula is C22H23F3N4O2S. The van der Waals surface area contributed by atoms with Crippen molar-refractivity contribution in [1.29, 1.82) is 0 Å². The van der Waals surface area contributed by atoms with Gasteiger partial charge in [0.25, 0.3) is 12.0 Å². The highest BCUT2D eigenvalue weighted by Gasteiger charge is 2.27. The number of anilines is 1. The quantitative estimate of drug-likeness (QED) is 0.572. The average Bonchev–Trinajstić information content (AvgIpc) is 2.77. The normalized spacial score (nSPS) is 20.0. The first kappa shape index (κ1) is 22.6. The number of fused-ring (bicyclic) bond motifs is 1. The Kier molecular flexibility index (Phi) is 6.43. The first-order valence-electron chi connectivity index (χ1n) is 10.3. The van der Waals surface area contributed by atoms with Crippen molar-refractivity contribution in [3.63, 3.8) is 0 Å². The number of alkyl halides is 2. The Morgan fingerprint density at radius 2 is 1.91 bits per heavy atom. The minimum absolute atomic E-state index is 0.0125. The van der Waals surface area contributed by atoms with Gasteiger partial charge >= 0.3 is 0 Å². The van der Waals surface area contributed by atoms with Crippen LogP contribution in [0.1, 0.15) is 54.8 Å². The monoisotopic (exact) mass is 464 g/mol. The molecule has 1 saturated heterocycles. The fourth-order valence-corrected chi connectivity index (χ4v) is 5.46. The van der Waals surface area contributed by atoms with Gasteiger partial charge in [-0.1, -0.05) is 29.4 Å². The molecule has 10 heteroatoms. The minimum Gasteiger partial charge on any atom is -0.616 e. The molecule has 1 aliphatic rings. The highest BCUT2D eigenvalue weighted by Crippen LogP contribution is 2.32. The number of nitrogens with zero attached hydrogens (tertiary/aromatic N) is 3. The summed E-state index contributed by atoms with van der Waals surface area (Å²) in [7, 11) is 1.63. The summed E-state index contributed by atoms with van der Waals surface area (Å²) in [5.41, 5.74) is 0.290. The molecule has 0 amide bonds. The summed E-state index contributed by atoms with van der Waals surface area (Å²) in [6.45, 7) is 1.65. The summed E-state index contributed by atoms with van der Waals surface area (Å²) in [4.78, 5) is 21.4. The Bertz CT molecular complexity index is 1200. The molecule has 3 heterocycles. The first-order chi connectivity index (χ1) is 15.3. The maximum absolute atomic E-state index is 14.6. The molecular weight excluding hydrogens is 441 g/mol. The second-order valence-corrected chi connectivity index (χ2v) is 9.66. The predicted molar refractivity (Wildman–Crippen MR) is 118 cm³/mol. The van der Waals surface area contributed by atoms with E-state index < -0.39 is 35.0 Å². The lowest BCUT2D eigenvalue weighted by molar-refractivity contribution is 0.146. The second kappa shape index (κ2) is 9.11. The zero-order valence-electron chi connectivity index (χ0n) is 17.6. The molecule has 4 rings (SSSR count). The largest absolute Gasteiger partial charge is 0.616 e. The molecule has 0 bridgehead atoms. The maximum atomic E-state index is 14.6. The molecule has 1 aliphatic heterocycles. The Morgan fingerprint density at radius 3 is 2.59 bits per heavy atom. The summed E-state index contributed by atoms with van der Waals surface area (Å²) in [5.74, 6) is 0.518. The summed E-state index contributed by atoms with van der Waals surface area (Å²) >= 11 is -0.850. The van der Waals surface area contributed by atoms with Gasteiger partial charge in [0.2, 0.25) is 0 Å². The van der Waals surface area contributed by atoms with Gasteiger partial charge in [0.05, 0.1) is 17.0 Å². The van der Waals surface area contributed by atoms with Crippen LogP contribution in [0.5, 0.6) is 0 Å². The van der Waals surface area contributed by atoms with E-state index >= 15 is 0 Å². The van der Waals surface area contributed by atoms with Crippen LogP contribution in [0.3, 0.4) is 0 Å². The number of hydrogen-bond acceptors (Lipinski definition) is 5. The second-order valence-electron chi connectivity index (χ2n) is 7.96. The highest BCUT2D eigenvalue weighted by molar-refractivity contribution is 7.91. The third kappa shape index (κ3) is 4.21. The fourth-order valence-electron chi connectivity index (χ4n) is 4.16.